The highest BCUT2D eigenvalue weighted by molar-refractivity contribution is 5.97. The second-order valence-electron chi connectivity index (χ2n) is 6.24. The fourth-order valence-corrected chi connectivity index (χ4v) is 3.21. The summed E-state index contributed by atoms with van der Waals surface area (Å²) in [4.78, 5) is 30.8. The number of amides is 1. The molecule has 6 heteroatoms. The first kappa shape index (κ1) is 16.5. The summed E-state index contributed by atoms with van der Waals surface area (Å²) in [5.74, 6) is 0.692. The van der Waals surface area contributed by atoms with Crippen molar-refractivity contribution in [2.75, 3.05) is 19.7 Å². The number of carbonyl (C=O) groups is 2. The van der Waals surface area contributed by atoms with Gasteiger partial charge < -0.3 is 14.2 Å². The number of esters is 1. The number of aromatic nitrogens is 2. The summed E-state index contributed by atoms with van der Waals surface area (Å²) in [6.07, 6.45) is 1.32. The van der Waals surface area contributed by atoms with E-state index >= 15 is 0 Å². The van der Waals surface area contributed by atoms with E-state index in [9.17, 15) is 9.59 Å². The predicted molar refractivity (Wildman–Crippen MR) is 90.7 cm³/mol. The minimum Gasteiger partial charge on any atom is -0.466 e. The van der Waals surface area contributed by atoms with Gasteiger partial charge in [0.05, 0.1) is 23.6 Å². The zero-order valence-electron chi connectivity index (χ0n) is 14.4. The number of likely N-dealkylation sites (tertiary alicyclic amines) is 1. The molecule has 3 rings (SSSR count). The fourth-order valence-electron chi connectivity index (χ4n) is 3.21. The van der Waals surface area contributed by atoms with E-state index in [2.05, 4.69) is 4.98 Å². The Morgan fingerprint density at radius 2 is 2.00 bits per heavy atom. The van der Waals surface area contributed by atoms with Gasteiger partial charge in [-0.3, -0.25) is 9.59 Å². The van der Waals surface area contributed by atoms with Gasteiger partial charge in [-0.25, -0.2) is 4.98 Å². The molecule has 6 nitrogen and oxygen atoms in total. The molecular formula is C18H23N3O3. The lowest BCUT2D eigenvalue weighted by Crippen LogP contribution is -2.40. The maximum atomic E-state index is 12.7. The van der Waals surface area contributed by atoms with Gasteiger partial charge in [-0.1, -0.05) is 0 Å². The number of hydrogen-bond acceptors (Lipinski definition) is 4. The fraction of sp³-hybridized carbons (Fsp3) is 0.500. The highest BCUT2D eigenvalue weighted by Crippen LogP contribution is 2.22. The van der Waals surface area contributed by atoms with Gasteiger partial charge in [0, 0.05) is 25.7 Å². The maximum absolute atomic E-state index is 12.7. The predicted octanol–water partition coefficient (Wildman–Crippen LogP) is 2.30. The second-order valence-corrected chi connectivity index (χ2v) is 6.24. The molecule has 24 heavy (non-hydrogen) atoms. The van der Waals surface area contributed by atoms with E-state index in [1.807, 2.05) is 48.6 Å². The normalized spacial score (nSPS) is 15.7. The van der Waals surface area contributed by atoms with Crippen molar-refractivity contribution in [1.82, 2.24) is 14.5 Å². The van der Waals surface area contributed by atoms with Gasteiger partial charge in [0.2, 0.25) is 0 Å². The van der Waals surface area contributed by atoms with Crippen LogP contribution >= 0.6 is 0 Å². The second kappa shape index (κ2) is 6.63. The molecule has 0 aliphatic carbocycles. The van der Waals surface area contributed by atoms with E-state index in [0.29, 0.717) is 38.1 Å². The first-order valence-corrected chi connectivity index (χ1v) is 8.40. The molecular weight excluding hydrogens is 306 g/mol. The van der Waals surface area contributed by atoms with Crippen LogP contribution in [-0.2, 0) is 16.6 Å². The van der Waals surface area contributed by atoms with Crippen molar-refractivity contribution in [3.63, 3.8) is 0 Å². The zero-order chi connectivity index (χ0) is 17.3. The number of rotatable bonds is 3. The molecule has 1 aromatic carbocycles. The average Bonchev–Trinajstić information content (AvgIpc) is 2.88. The lowest BCUT2D eigenvalue weighted by atomic mass is 9.96. The van der Waals surface area contributed by atoms with Gasteiger partial charge in [0.1, 0.15) is 5.82 Å². The molecule has 0 bridgehead atoms. The van der Waals surface area contributed by atoms with E-state index in [4.69, 9.17) is 4.74 Å². The summed E-state index contributed by atoms with van der Waals surface area (Å²) in [5, 5.41) is 0. The number of carbonyl (C=O) groups excluding carboxylic acids is 2. The molecule has 2 heterocycles. The topological polar surface area (TPSA) is 64.4 Å². The van der Waals surface area contributed by atoms with E-state index in [1.165, 1.54) is 0 Å². The zero-order valence-corrected chi connectivity index (χ0v) is 14.4. The van der Waals surface area contributed by atoms with Crippen molar-refractivity contribution >= 4 is 22.9 Å². The third-order valence-electron chi connectivity index (χ3n) is 4.75. The smallest absolute Gasteiger partial charge is 0.309 e. The van der Waals surface area contributed by atoms with Gasteiger partial charge in [0.15, 0.2) is 0 Å². The van der Waals surface area contributed by atoms with Crippen molar-refractivity contribution < 1.29 is 14.3 Å². The molecule has 128 valence electrons. The SMILES string of the molecule is CCOC(=O)C1CCN(C(=O)c2ccc3c(c2)nc(C)n3C)CC1. The Kier molecular flexibility index (Phi) is 4.55. The van der Waals surface area contributed by atoms with Gasteiger partial charge in [-0.15, -0.1) is 0 Å². The van der Waals surface area contributed by atoms with Crippen molar-refractivity contribution in [1.29, 1.82) is 0 Å². The van der Waals surface area contributed by atoms with E-state index < -0.39 is 0 Å². The number of benzene rings is 1. The van der Waals surface area contributed by atoms with Crippen LogP contribution in [0, 0.1) is 12.8 Å². The van der Waals surface area contributed by atoms with Gasteiger partial charge in [-0.05, 0) is 44.9 Å². The molecule has 0 N–H and O–H groups in total. The number of nitrogens with zero attached hydrogens (tertiary/aromatic N) is 3. The molecule has 0 unspecified atom stereocenters. The van der Waals surface area contributed by atoms with Crippen molar-refractivity contribution in [3.8, 4) is 0 Å². The molecule has 1 saturated heterocycles. The lowest BCUT2D eigenvalue weighted by Gasteiger charge is -2.31. The van der Waals surface area contributed by atoms with Crippen molar-refractivity contribution in [2.24, 2.45) is 13.0 Å². The summed E-state index contributed by atoms with van der Waals surface area (Å²) in [5.41, 5.74) is 2.50. The molecule has 1 aliphatic rings. The van der Waals surface area contributed by atoms with Crippen LogP contribution in [0.4, 0.5) is 0 Å². The van der Waals surface area contributed by atoms with Crippen LogP contribution in [0.5, 0.6) is 0 Å². The Hall–Kier alpha value is -2.37. The molecule has 0 saturated carbocycles. The summed E-state index contributed by atoms with van der Waals surface area (Å²) >= 11 is 0. The number of imidazole rings is 1. The van der Waals surface area contributed by atoms with Crippen LogP contribution < -0.4 is 0 Å². The first-order chi connectivity index (χ1) is 11.5. The average molecular weight is 329 g/mol. The van der Waals surface area contributed by atoms with E-state index in [-0.39, 0.29) is 17.8 Å². The van der Waals surface area contributed by atoms with E-state index in [1.54, 1.807) is 0 Å². The highest BCUT2D eigenvalue weighted by atomic mass is 16.5. The third-order valence-corrected chi connectivity index (χ3v) is 4.75. The molecule has 0 atom stereocenters. The Morgan fingerprint density at radius 3 is 2.67 bits per heavy atom. The molecule has 1 amide bonds. The Labute approximate surface area is 141 Å². The number of hydrogen-bond donors (Lipinski definition) is 0. The number of piperidine rings is 1. The van der Waals surface area contributed by atoms with Gasteiger partial charge in [0.25, 0.3) is 5.91 Å². The summed E-state index contributed by atoms with van der Waals surface area (Å²) < 4.78 is 7.08. The largest absolute Gasteiger partial charge is 0.466 e. The van der Waals surface area contributed by atoms with E-state index in [0.717, 1.165) is 16.9 Å². The molecule has 1 aromatic heterocycles. The third kappa shape index (κ3) is 3.00. The quantitative estimate of drug-likeness (QED) is 0.811. The van der Waals surface area contributed by atoms with Crippen LogP contribution in [0.15, 0.2) is 18.2 Å². The van der Waals surface area contributed by atoms with Gasteiger partial charge >= 0.3 is 5.97 Å². The monoisotopic (exact) mass is 329 g/mol. The lowest BCUT2D eigenvalue weighted by molar-refractivity contribution is -0.149. The molecule has 0 radical (unpaired) electrons. The van der Waals surface area contributed by atoms with Crippen molar-refractivity contribution in [3.05, 3.63) is 29.6 Å². The van der Waals surface area contributed by atoms with Crippen LogP contribution in [0.2, 0.25) is 0 Å². The van der Waals surface area contributed by atoms with Gasteiger partial charge in [-0.2, -0.15) is 0 Å². The first-order valence-electron chi connectivity index (χ1n) is 8.40. The molecule has 1 aliphatic heterocycles. The van der Waals surface area contributed by atoms with Crippen LogP contribution in [-0.4, -0.2) is 46.0 Å². The molecule has 2 aromatic rings. The Balaban J connectivity index is 1.70. The summed E-state index contributed by atoms with van der Waals surface area (Å²) in [6.45, 7) is 5.33. The van der Waals surface area contributed by atoms with Crippen LogP contribution in [0.25, 0.3) is 11.0 Å². The minimum atomic E-state index is -0.144. The standard InChI is InChI=1S/C18H23N3O3/c1-4-24-18(23)13-7-9-21(10-8-13)17(22)14-5-6-16-15(11-14)19-12(2)20(16)3/h5-6,11,13H,4,7-10H2,1-3H3. The number of ether oxygens (including phenoxy) is 1. The minimum absolute atomic E-state index is 0.00233. The Bertz CT molecular complexity index is 773. The number of aryl methyl sites for hydroxylation is 2. The van der Waals surface area contributed by atoms with Crippen molar-refractivity contribution in [2.45, 2.75) is 26.7 Å². The number of fused-ring (bicyclic) bond motifs is 1. The van der Waals surface area contributed by atoms with Crippen LogP contribution in [0.1, 0.15) is 35.9 Å². The summed E-state index contributed by atoms with van der Waals surface area (Å²) in [6, 6.07) is 5.64. The van der Waals surface area contributed by atoms with Crippen LogP contribution in [0.3, 0.4) is 0 Å². The highest BCUT2D eigenvalue weighted by Gasteiger charge is 2.28. The molecule has 1 fully saturated rings. The maximum Gasteiger partial charge on any atom is 0.309 e. The summed E-state index contributed by atoms with van der Waals surface area (Å²) in [7, 11) is 1.96. The molecule has 0 spiro atoms. The Morgan fingerprint density at radius 1 is 1.29 bits per heavy atom.